The molecule has 2 N–H and O–H groups in total. The predicted molar refractivity (Wildman–Crippen MR) is 98.0 cm³/mol. The van der Waals surface area contributed by atoms with Crippen LogP contribution in [0, 0.1) is 11.6 Å². The fraction of sp³-hybridized carbons (Fsp3) is 0. The van der Waals surface area contributed by atoms with Gasteiger partial charge in [0.05, 0.1) is 11.1 Å². The van der Waals surface area contributed by atoms with Crippen LogP contribution in [0.25, 0.3) is 0 Å². The van der Waals surface area contributed by atoms with Crippen molar-refractivity contribution in [1.29, 1.82) is 0 Å². The molecule has 5 nitrogen and oxygen atoms in total. The Morgan fingerprint density at radius 1 is 0.815 bits per heavy atom. The molecule has 0 saturated carbocycles. The van der Waals surface area contributed by atoms with Gasteiger partial charge in [0.2, 0.25) is 0 Å². The largest absolute Gasteiger partial charge is 0.322 e. The number of aromatic nitrogens is 1. The predicted octanol–water partition coefficient (Wildman–Crippen LogP) is 4.52. The van der Waals surface area contributed by atoms with Crippen LogP contribution in [0.3, 0.4) is 0 Å². The normalized spacial score (nSPS) is 10.3. The van der Waals surface area contributed by atoms with Gasteiger partial charge in [-0.2, -0.15) is 0 Å². The van der Waals surface area contributed by atoms with Gasteiger partial charge in [0, 0.05) is 34.9 Å². The Balaban J connectivity index is 1.75. The number of pyridine rings is 1. The summed E-state index contributed by atoms with van der Waals surface area (Å²) in [5, 5.41) is 5.52. The number of hydrogen-bond donors (Lipinski definition) is 2. The lowest BCUT2D eigenvalue weighted by Gasteiger charge is -2.08. The van der Waals surface area contributed by atoms with Crippen molar-refractivity contribution in [3.63, 3.8) is 0 Å². The van der Waals surface area contributed by atoms with Crippen molar-refractivity contribution in [2.24, 2.45) is 0 Å². The SMILES string of the molecule is O=C(Nc1cccc(Cl)c1)c1cncc(C(=O)Nc2ccc(F)c(F)c2)c1. The van der Waals surface area contributed by atoms with E-state index < -0.39 is 23.4 Å². The first-order valence-electron chi connectivity index (χ1n) is 7.71. The minimum atomic E-state index is -1.08. The van der Waals surface area contributed by atoms with Crippen LogP contribution < -0.4 is 10.6 Å². The van der Waals surface area contributed by atoms with Crippen molar-refractivity contribution in [3.8, 4) is 0 Å². The van der Waals surface area contributed by atoms with E-state index in [0.29, 0.717) is 10.7 Å². The Labute approximate surface area is 158 Å². The van der Waals surface area contributed by atoms with Crippen molar-refractivity contribution < 1.29 is 18.4 Å². The molecule has 2 aromatic carbocycles. The van der Waals surface area contributed by atoms with Crippen molar-refractivity contribution in [1.82, 2.24) is 4.98 Å². The first-order valence-corrected chi connectivity index (χ1v) is 8.08. The molecule has 0 aliphatic heterocycles. The van der Waals surface area contributed by atoms with Crippen LogP contribution in [0.2, 0.25) is 5.02 Å². The van der Waals surface area contributed by atoms with Crippen LogP contribution in [0.4, 0.5) is 20.2 Å². The number of benzene rings is 2. The summed E-state index contributed by atoms with van der Waals surface area (Å²) in [5.74, 6) is -3.20. The van der Waals surface area contributed by atoms with E-state index in [-0.39, 0.29) is 16.8 Å². The third-order valence-electron chi connectivity index (χ3n) is 3.52. The molecule has 136 valence electrons. The minimum absolute atomic E-state index is 0.0766. The molecule has 0 unspecified atom stereocenters. The lowest BCUT2D eigenvalue weighted by molar-refractivity contribution is 0.102. The van der Waals surface area contributed by atoms with Crippen molar-refractivity contribution in [2.75, 3.05) is 10.6 Å². The highest BCUT2D eigenvalue weighted by molar-refractivity contribution is 6.31. The van der Waals surface area contributed by atoms with Gasteiger partial charge in [-0.3, -0.25) is 14.6 Å². The molecule has 3 rings (SSSR count). The molecular weight excluding hydrogens is 376 g/mol. The molecule has 1 heterocycles. The standard InChI is InChI=1S/C19H12ClF2N3O2/c20-13-2-1-3-14(7-13)24-18(26)11-6-12(10-23-9-11)19(27)25-15-4-5-16(21)17(22)8-15/h1-10H,(H,24,26)(H,25,27). The van der Waals surface area contributed by atoms with Crippen molar-refractivity contribution >= 4 is 34.8 Å². The van der Waals surface area contributed by atoms with Gasteiger partial charge in [0.15, 0.2) is 11.6 Å². The molecule has 0 aliphatic carbocycles. The number of anilines is 2. The molecular formula is C19H12ClF2N3O2. The summed E-state index contributed by atoms with van der Waals surface area (Å²) in [6.45, 7) is 0. The molecule has 1 aromatic heterocycles. The zero-order valence-electron chi connectivity index (χ0n) is 13.7. The molecule has 0 aliphatic rings. The number of carbonyl (C=O) groups excluding carboxylic acids is 2. The molecule has 2 amide bonds. The van der Waals surface area contributed by atoms with Crippen LogP contribution in [-0.2, 0) is 0 Å². The summed E-state index contributed by atoms with van der Waals surface area (Å²) in [5.41, 5.74) is 0.795. The van der Waals surface area contributed by atoms with Crippen LogP contribution in [-0.4, -0.2) is 16.8 Å². The Hall–Kier alpha value is -3.32. The average Bonchev–Trinajstić information content (AvgIpc) is 2.65. The molecule has 27 heavy (non-hydrogen) atoms. The topological polar surface area (TPSA) is 71.1 Å². The van der Waals surface area contributed by atoms with Crippen LogP contribution in [0.15, 0.2) is 60.9 Å². The van der Waals surface area contributed by atoms with E-state index in [9.17, 15) is 18.4 Å². The number of carbonyl (C=O) groups is 2. The maximum absolute atomic E-state index is 13.2. The van der Waals surface area contributed by atoms with Gasteiger partial charge in [-0.15, -0.1) is 0 Å². The molecule has 0 spiro atoms. The minimum Gasteiger partial charge on any atom is -0.322 e. The maximum atomic E-state index is 13.2. The molecule has 0 saturated heterocycles. The Kier molecular flexibility index (Phi) is 5.42. The van der Waals surface area contributed by atoms with E-state index in [2.05, 4.69) is 15.6 Å². The summed E-state index contributed by atoms with van der Waals surface area (Å²) in [4.78, 5) is 28.5. The quantitative estimate of drug-likeness (QED) is 0.691. The Morgan fingerprint density at radius 2 is 1.44 bits per heavy atom. The lowest BCUT2D eigenvalue weighted by atomic mass is 10.1. The molecule has 0 radical (unpaired) electrons. The molecule has 0 atom stereocenters. The van der Waals surface area contributed by atoms with E-state index in [4.69, 9.17) is 11.6 Å². The van der Waals surface area contributed by atoms with Crippen molar-refractivity contribution in [3.05, 3.63) is 88.7 Å². The van der Waals surface area contributed by atoms with Gasteiger partial charge in [-0.1, -0.05) is 17.7 Å². The average molecular weight is 388 g/mol. The summed E-state index contributed by atoms with van der Waals surface area (Å²) < 4.78 is 26.2. The zero-order valence-corrected chi connectivity index (χ0v) is 14.4. The van der Waals surface area contributed by atoms with Gasteiger partial charge in [-0.25, -0.2) is 8.78 Å². The first-order chi connectivity index (χ1) is 12.9. The number of rotatable bonds is 4. The first kappa shape index (κ1) is 18.5. The number of nitrogens with zero attached hydrogens (tertiary/aromatic N) is 1. The van der Waals surface area contributed by atoms with Gasteiger partial charge >= 0.3 is 0 Å². The third-order valence-corrected chi connectivity index (χ3v) is 3.76. The smallest absolute Gasteiger partial charge is 0.257 e. The summed E-state index contributed by atoms with van der Waals surface area (Å²) in [6.07, 6.45) is 2.56. The second-order valence-electron chi connectivity index (χ2n) is 5.51. The Morgan fingerprint density at radius 3 is 2.04 bits per heavy atom. The number of nitrogens with one attached hydrogen (secondary N) is 2. The van der Waals surface area contributed by atoms with Crippen LogP contribution in [0.1, 0.15) is 20.7 Å². The van der Waals surface area contributed by atoms with E-state index in [0.717, 1.165) is 12.1 Å². The van der Waals surface area contributed by atoms with Crippen molar-refractivity contribution in [2.45, 2.75) is 0 Å². The highest BCUT2D eigenvalue weighted by atomic mass is 35.5. The number of hydrogen-bond acceptors (Lipinski definition) is 3. The van der Waals surface area contributed by atoms with Gasteiger partial charge in [0.1, 0.15) is 0 Å². The summed E-state index contributed by atoms with van der Waals surface area (Å²) in [6, 6.07) is 10.9. The van der Waals surface area contributed by atoms with E-state index >= 15 is 0 Å². The third kappa shape index (κ3) is 4.65. The molecule has 0 bridgehead atoms. The van der Waals surface area contributed by atoms with E-state index in [1.54, 1.807) is 24.3 Å². The number of halogens is 3. The van der Waals surface area contributed by atoms with E-state index in [1.807, 2.05) is 0 Å². The highest BCUT2D eigenvalue weighted by Gasteiger charge is 2.13. The van der Waals surface area contributed by atoms with Gasteiger partial charge < -0.3 is 10.6 Å². The van der Waals surface area contributed by atoms with Crippen LogP contribution >= 0.6 is 11.6 Å². The fourth-order valence-corrected chi connectivity index (χ4v) is 2.43. The molecule has 3 aromatic rings. The fourth-order valence-electron chi connectivity index (χ4n) is 2.23. The summed E-state index contributed by atoms with van der Waals surface area (Å²) >= 11 is 5.87. The van der Waals surface area contributed by atoms with Gasteiger partial charge in [0.25, 0.3) is 11.8 Å². The Bertz CT molecular complexity index is 1030. The second-order valence-corrected chi connectivity index (χ2v) is 5.95. The highest BCUT2D eigenvalue weighted by Crippen LogP contribution is 2.17. The second kappa shape index (κ2) is 7.92. The summed E-state index contributed by atoms with van der Waals surface area (Å²) in [7, 11) is 0. The molecule has 8 heteroatoms. The zero-order chi connectivity index (χ0) is 19.4. The molecule has 0 fully saturated rings. The van der Waals surface area contributed by atoms with Gasteiger partial charge in [-0.05, 0) is 36.4 Å². The van der Waals surface area contributed by atoms with E-state index in [1.165, 1.54) is 24.5 Å². The monoisotopic (exact) mass is 387 g/mol. The lowest BCUT2D eigenvalue weighted by Crippen LogP contribution is -2.16. The van der Waals surface area contributed by atoms with Crippen LogP contribution in [0.5, 0.6) is 0 Å². The number of amides is 2. The maximum Gasteiger partial charge on any atom is 0.257 e.